The van der Waals surface area contributed by atoms with Crippen LogP contribution >= 0.6 is 0 Å². The van der Waals surface area contributed by atoms with Gasteiger partial charge < -0.3 is 0 Å². The molecule has 0 heterocycles. The van der Waals surface area contributed by atoms with Gasteiger partial charge in [-0.15, -0.1) is 0 Å². The summed E-state index contributed by atoms with van der Waals surface area (Å²) < 4.78 is 61.6. The third-order valence-corrected chi connectivity index (χ3v) is 6.12. The van der Waals surface area contributed by atoms with Crippen molar-refractivity contribution in [1.29, 1.82) is 0 Å². The van der Waals surface area contributed by atoms with Gasteiger partial charge in [-0.3, -0.25) is 0 Å². The number of sulfone groups is 1. The van der Waals surface area contributed by atoms with Crippen LogP contribution < -0.4 is 0 Å². The Morgan fingerprint density at radius 1 is 1.00 bits per heavy atom. The lowest BCUT2D eigenvalue weighted by Crippen LogP contribution is -2.24. The van der Waals surface area contributed by atoms with E-state index in [-0.39, 0.29) is 4.90 Å². The minimum atomic E-state index is -5.41. The van der Waals surface area contributed by atoms with Crippen LogP contribution in [0.25, 0.3) is 11.1 Å². The Morgan fingerprint density at radius 3 is 2.09 bits per heavy atom. The van der Waals surface area contributed by atoms with Crippen molar-refractivity contribution >= 4 is 30.5 Å². The summed E-state index contributed by atoms with van der Waals surface area (Å²) in [5, 5.41) is 0. The first-order chi connectivity index (χ1) is 10.1. The molecule has 2 aromatic rings. The van der Waals surface area contributed by atoms with E-state index in [4.69, 9.17) is 11.2 Å². The topological polar surface area (TPSA) is 34.1 Å². The van der Waals surface area contributed by atoms with Crippen LogP contribution in [0.4, 0.5) is 13.2 Å². The predicted molar refractivity (Wildman–Crippen MR) is 84.0 cm³/mol. The molecule has 0 aromatic heterocycles. The molecule has 22 heavy (non-hydrogen) atoms. The number of alkyl halides is 3. The van der Waals surface area contributed by atoms with E-state index >= 15 is 0 Å². The van der Waals surface area contributed by atoms with Crippen LogP contribution in [0.15, 0.2) is 58.3 Å². The van der Waals surface area contributed by atoms with E-state index in [2.05, 4.69) is 0 Å². The largest absolute Gasteiger partial charge is 0.501 e. The van der Waals surface area contributed by atoms with Crippen molar-refractivity contribution in [3.05, 3.63) is 48.5 Å². The van der Waals surface area contributed by atoms with Crippen molar-refractivity contribution in [2.75, 3.05) is 6.26 Å². The van der Waals surface area contributed by atoms with Gasteiger partial charge in [0.05, 0.1) is 4.90 Å². The van der Waals surface area contributed by atoms with Gasteiger partial charge in [0.15, 0.2) is 0 Å². The standard InChI is InChI=1S/C14H11F3O2S3/c1-21(20)12-9-11(10-5-3-2-4-6-10)7-8-13(12)22(18,19)14(15,16)17/h2-9H,1H3. The number of halogens is 3. The Hall–Kier alpha value is -1.25. The molecule has 0 aliphatic heterocycles. The molecule has 0 aliphatic carbocycles. The third kappa shape index (κ3) is 3.23. The molecular formula is C14H11F3O2S3. The monoisotopic (exact) mass is 364 g/mol. The molecule has 1 unspecified atom stereocenters. The quantitative estimate of drug-likeness (QED) is 0.833. The molecule has 0 fully saturated rings. The fourth-order valence-corrected chi connectivity index (χ4v) is 4.63. The number of rotatable bonds is 3. The van der Waals surface area contributed by atoms with Gasteiger partial charge in [0.25, 0.3) is 9.84 Å². The average molecular weight is 364 g/mol. The molecule has 0 bridgehead atoms. The maximum absolute atomic E-state index is 12.8. The molecule has 1 atom stereocenters. The van der Waals surface area contributed by atoms with Crippen LogP contribution in [-0.2, 0) is 30.5 Å². The molecule has 8 heteroatoms. The van der Waals surface area contributed by atoms with Crippen molar-refractivity contribution < 1.29 is 21.6 Å². The summed E-state index contributed by atoms with van der Waals surface area (Å²) in [5.41, 5.74) is -3.94. The molecule has 2 nitrogen and oxygen atoms in total. The molecule has 0 aliphatic rings. The molecule has 0 radical (unpaired) electrons. The van der Waals surface area contributed by atoms with Gasteiger partial charge in [-0.2, -0.15) is 13.2 Å². The summed E-state index contributed by atoms with van der Waals surface area (Å²) in [4.78, 5) is -0.755. The first kappa shape index (κ1) is 17.1. The van der Waals surface area contributed by atoms with Gasteiger partial charge in [-0.05, 0) is 40.7 Å². The van der Waals surface area contributed by atoms with Crippen LogP contribution in [0.1, 0.15) is 0 Å². The summed E-state index contributed by atoms with van der Waals surface area (Å²) in [5.74, 6) is 0. The highest BCUT2D eigenvalue weighted by Crippen LogP contribution is 2.35. The van der Waals surface area contributed by atoms with Gasteiger partial charge in [0.2, 0.25) is 0 Å². The van der Waals surface area contributed by atoms with Crippen LogP contribution in [-0.4, -0.2) is 20.2 Å². The van der Waals surface area contributed by atoms with Gasteiger partial charge >= 0.3 is 5.51 Å². The highest BCUT2D eigenvalue weighted by atomic mass is 32.8. The molecule has 2 aromatic carbocycles. The summed E-state index contributed by atoms with van der Waals surface area (Å²) in [7, 11) is -6.46. The molecule has 118 valence electrons. The summed E-state index contributed by atoms with van der Waals surface area (Å²) in [6.45, 7) is 0. The van der Waals surface area contributed by atoms with Gasteiger partial charge in [-0.25, -0.2) is 8.42 Å². The smallest absolute Gasteiger partial charge is 0.214 e. The molecular weight excluding hydrogens is 353 g/mol. The van der Waals surface area contributed by atoms with E-state index < -0.39 is 29.7 Å². The van der Waals surface area contributed by atoms with Crippen molar-refractivity contribution in [2.24, 2.45) is 0 Å². The highest BCUT2D eigenvalue weighted by Gasteiger charge is 2.48. The number of benzene rings is 2. The predicted octanol–water partition coefficient (Wildman–Crippen LogP) is 3.72. The Morgan fingerprint density at radius 2 is 1.59 bits per heavy atom. The zero-order chi connectivity index (χ0) is 16.5. The van der Waals surface area contributed by atoms with E-state index in [0.717, 1.165) is 11.6 Å². The molecule has 0 saturated carbocycles. The summed E-state index contributed by atoms with van der Waals surface area (Å²) >= 11 is 5.03. The summed E-state index contributed by atoms with van der Waals surface area (Å²) in [6, 6.07) is 12.7. The number of hydrogen-bond donors (Lipinski definition) is 0. The van der Waals surface area contributed by atoms with Crippen LogP contribution in [0, 0.1) is 0 Å². The lowest BCUT2D eigenvalue weighted by molar-refractivity contribution is -0.0437. The van der Waals surface area contributed by atoms with E-state index in [1.165, 1.54) is 18.4 Å². The lowest BCUT2D eigenvalue weighted by atomic mass is 10.1. The van der Waals surface area contributed by atoms with Crippen LogP contribution in [0.3, 0.4) is 0 Å². The normalized spacial score (nSPS) is 13.8. The fourth-order valence-electron chi connectivity index (χ4n) is 1.89. The van der Waals surface area contributed by atoms with E-state index in [1.54, 1.807) is 24.3 Å². The second-order valence-electron chi connectivity index (χ2n) is 4.43. The van der Waals surface area contributed by atoms with E-state index in [1.807, 2.05) is 6.07 Å². The Balaban J connectivity index is 2.67. The fraction of sp³-hybridized carbons (Fsp3) is 0.143. The minimum Gasteiger partial charge on any atom is -0.214 e. The molecule has 0 amide bonds. The third-order valence-electron chi connectivity index (χ3n) is 2.95. The minimum absolute atomic E-state index is 0.00804. The summed E-state index contributed by atoms with van der Waals surface area (Å²) in [6.07, 6.45) is 1.51. The van der Waals surface area contributed by atoms with Crippen LogP contribution in [0.5, 0.6) is 0 Å². The first-order valence-corrected chi connectivity index (χ1v) is 10.0. The SMILES string of the molecule is CS(=S)c1cc(-c2ccccc2)ccc1S(=O)(=O)C(F)(F)F. The van der Waals surface area contributed by atoms with Crippen molar-refractivity contribution in [2.45, 2.75) is 15.3 Å². The van der Waals surface area contributed by atoms with Crippen molar-refractivity contribution in [1.82, 2.24) is 0 Å². The molecule has 2 rings (SSSR count). The van der Waals surface area contributed by atoms with Crippen LogP contribution in [0.2, 0.25) is 0 Å². The maximum atomic E-state index is 12.8. The Bertz CT molecular complexity index is 813. The second-order valence-corrected chi connectivity index (χ2v) is 9.19. The highest BCUT2D eigenvalue weighted by molar-refractivity contribution is 8.28. The van der Waals surface area contributed by atoms with Crippen molar-refractivity contribution in [3.8, 4) is 11.1 Å². The van der Waals surface area contributed by atoms with E-state index in [0.29, 0.717) is 5.56 Å². The zero-order valence-corrected chi connectivity index (χ0v) is 13.7. The molecule has 0 N–H and O–H groups in total. The second kappa shape index (κ2) is 6.10. The lowest BCUT2D eigenvalue weighted by Gasteiger charge is -2.14. The maximum Gasteiger partial charge on any atom is 0.501 e. The Labute approximate surface area is 133 Å². The average Bonchev–Trinajstić information content (AvgIpc) is 2.46. The zero-order valence-electron chi connectivity index (χ0n) is 11.3. The van der Waals surface area contributed by atoms with Gasteiger partial charge in [0, 0.05) is 4.90 Å². The Kier molecular flexibility index (Phi) is 4.74. The van der Waals surface area contributed by atoms with Crippen molar-refractivity contribution in [3.63, 3.8) is 0 Å². The molecule has 0 saturated heterocycles. The van der Waals surface area contributed by atoms with E-state index in [9.17, 15) is 21.6 Å². The number of hydrogen-bond acceptors (Lipinski definition) is 3. The van der Waals surface area contributed by atoms with Gasteiger partial charge in [0.1, 0.15) is 0 Å². The van der Waals surface area contributed by atoms with Gasteiger partial charge in [-0.1, -0.05) is 45.9 Å². The first-order valence-electron chi connectivity index (χ1n) is 5.99. The molecule has 0 spiro atoms.